The highest BCUT2D eigenvalue weighted by atomic mass is 16.5. The molecule has 0 amide bonds. The largest absolute Gasteiger partial charge is 0.497 e. The van der Waals surface area contributed by atoms with E-state index >= 15 is 0 Å². The van der Waals surface area contributed by atoms with E-state index in [9.17, 15) is 0 Å². The van der Waals surface area contributed by atoms with E-state index in [4.69, 9.17) is 9.47 Å². The summed E-state index contributed by atoms with van der Waals surface area (Å²) in [5.41, 5.74) is 1.17. The molecule has 1 aliphatic carbocycles. The van der Waals surface area contributed by atoms with Crippen LogP contribution in [0, 0.1) is 0 Å². The predicted molar refractivity (Wildman–Crippen MR) is 48.8 cm³/mol. The van der Waals surface area contributed by atoms with Gasteiger partial charge in [0.25, 0.3) is 0 Å². The molecule has 0 bridgehead atoms. The van der Waals surface area contributed by atoms with Gasteiger partial charge in [-0.15, -0.1) is 0 Å². The first-order chi connectivity index (χ1) is 5.76. The lowest BCUT2D eigenvalue weighted by Crippen LogP contribution is -2.02. The van der Waals surface area contributed by atoms with Crippen molar-refractivity contribution in [3.63, 3.8) is 0 Å². The highest BCUT2D eigenvalue weighted by molar-refractivity contribution is 5.31. The second-order valence-corrected chi connectivity index (χ2v) is 2.72. The second-order valence-electron chi connectivity index (χ2n) is 2.72. The first kappa shape index (κ1) is 9.07. The van der Waals surface area contributed by atoms with Crippen LogP contribution < -0.4 is 0 Å². The molecular weight excluding hydrogens is 152 g/mol. The maximum Gasteiger partial charge on any atom is 0.118 e. The van der Waals surface area contributed by atoms with E-state index in [2.05, 4.69) is 0 Å². The van der Waals surface area contributed by atoms with E-state index in [1.165, 1.54) is 5.57 Å². The van der Waals surface area contributed by atoms with E-state index in [1.807, 2.05) is 31.2 Å². The van der Waals surface area contributed by atoms with E-state index in [-0.39, 0.29) is 6.10 Å². The fourth-order valence-electron chi connectivity index (χ4n) is 1.06. The molecule has 66 valence electrons. The fraction of sp³-hybridized carbons (Fsp3) is 0.400. The average molecular weight is 166 g/mol. The van der Waals surface area contributed by atoms with Crippen molar-refractivity contribution in [1.82, 2.24) is 0 Å². The van der Waals surface area contributed by atoms with E-state index in [0.717, 1.165) is 5.76 Å². The van der Waals surface area contributed by atoms with Crippen LogP contribution in [0.4, 0.5) is 0 Å². The van der Waals surface area contributed by atoms with Gasteiger partial charge in [0.15, 0.2) is 0 Å². The monoisotopic (exact) mass is 166 g/mol. The lowest BCUT2D eigenvalue weighted by Gasteiger charge is -2.05. The Morgan fingerprint density at radius 3 is 2.67 bits per heavy atom. The SMILES string of the molecule is COC1=CC(OC)C=CC(C)=C1. The Hall–Kier alpha value is -1.02. The molecule has 0 aromatic heterocycles. The van der Waals surface area contributed by atoms with Gasteiger partial charge in [-0.3, -0.25) is 0 Å². The molecule has 1 atom stereocenters. The molecule has 2 nitrogen and oxygen atoms in total. The van der Waals surface area contributed by atoms with Gasteiger partial charge in [-0.2, -0.15) is 0 Å². The molecule has 0 heterocycles. The molecule has 1 unspecified atom stereocenters. The van der Waals surface area contributed by atoms with E-state index < -0.39 is 0 Å². The summed E-state index contributed by atoms with van der Waals surface area (Å²) < 4.78 is 10.3. The van der Waals surface area contributed by atoms with Gasteiger partial charge in [0, 0.05) is 7.11 Å². The van der Waals surface area contributed by atoms with Crippen LogP contribution in [-0.2, 0) is 9.47 Å². The Morgan fingerprint density at radius 1 is 1.33 bits per heavy atom. The van der Waals surface area contributed by atoms with Crippen molar-refractivity contribution in [2.75, 3.05) is 14.2 Å². The van der Waals surface area contributed by atoms with Gasteiger partial charge in [-0.25, -0.2) is 0 Å². The number of methoxy groups -OCH3 is 2. The van der Waals surface area contributed by atoms with Gasteiger partial charge < -0.3 is 9.47 Å². The lowest BCUT2D eigenvalue weighted by molar-refractivity contribution is 0.172. The molecule has 0 radical (unpaired) electrons. The summed E-state index contributed by atoms with van der Waals surface area (Å²) in [5.74, 6) is 0.851. The van der Waals surface area contributed by atoms with Gasteiger partial charge in [-0.05, 0) is 24.6 Å². The van der Waals surface area contributed by atoms with Crippen molar-refractivity contribution in [3.05, 3.63) is 35.6 Å². The zero-order chi connectivity index (χ0) is 8.97. The molecule has 0 aromatic rings. The maximum absolute atomic E-state index is 5.18. The van der Waals surface area contributed by atoms with Gasteiger partial charge in [0.1, 0.15) is 5.76 Å². The topological polar surface area (TPSA) is 18.5 Å². The number of ether oxygens (including phenoxy) is 2. The Labute approximate surface area is 73.2 Å². The minimum atomic E-state index is 0.0219. The minimum absolute atomic E-state index is 0.0219. The fourth-order valence-corrected chi connectivity index (χ4v) is 1.06. The predicted octanol–water partition coefficient (Wildman–Crippen LogP) is 2.05. The normalized spacial score (nSPS) is 22.8. The molecular formula is C10H14O2. The molecule has 0 fully saturated rings. The third kappa shape index (κ3) is 2.24. The van der Waals surface area contributed by atoms with Gasteiger partial charge in [0.05, 0.1) is 13.2 Å². The van der Waals surface area contributed by atoms with Gasteiger partial charge in [0.2, 0.25) is 0 Å². The van der Waals surface area contributed by atoms with Crippen LogP contribution in [0.1, 0.15) is 6.92 Å². The van der Waals surface area contributed by atoms with Crippen molar-refractivity contribution in [2.24, 2.45) is 0 Å². The molecule has 1 rings (SSSR count). The summed E-state index contributed by atoms with van der Waals surface area (Å²) in [6.07, 6.45) is 7.96. The molecule has 0 N–H and O–H groups in total. The zero-order valence-corrected chi connectivity index (χ0v) is 7.70. The van der Waals surface area contributed by atoms with Gasteiger partial charge >= 0.3 is 0 Å². The molecule has 1 aliphatic rings. The molecule has 12 heavy (non-hydrogen) atoms. The van der Waals surface area contributed by atoms with E-state index in [0.29, 0.717) is 0 Å². The van der Waals surface area contributed by atoms with Crippen LogP contribution in [0.2, 0.25) is 0 Å². The van der Waals surface area contributed by atoms with Crippen molar-refractivity contribution in [2.45, 2.75) is 13.0 Å². The molecule has 0 saturated carbocycles. The Kier molecular flexibility index (Phi) is 3.11. The number of allylic oxidation sites excluding steroid dienone is 3. The third-order valence-electron chi connectivity index (χ3n) is 1.76. The highest BCUT2D eigenvalue weighted by Crippen LogP contribution is 2.12. The van der Waals surface area contributed by atoms with Gasteiger partial charge in [-0.1, -0.05) is 12.2 Å². The summed E-state index contributed by atoms with van der Waals surface area (Å²) in [7, 11) is 3.34. The summed E-state index contributed by atoms with van der Waals surface area (Å²) in [6.45, 7) is 2.03. The second kappa shape index (κ2) is 4.12. The molecule has 0 aromatic carbocycles. The van der Waals surface area contributed by atoms with Crippen molar-refractivity contribution in [3.8, 4) is 0 Å². The standard InChI is InChI=1S/C10H14O2/c1-8-4-5-9(11-2)7-10(6-8)12-3/h4-7,9H,1-3H3. The van der Waals surface area contributed by atoms with Crippen LogP contribution in [-0.4, -0.2) is 20.3 Å². The Morgan fingerprint density at radius 2 is 2.08 bits per heavy atom. The van der Waals surface area contributed by atoms with Crippen LogP contribution in [0.25, 0.3) is 0 Å². The van der Waals surface area contributed by atoms with Crippen LogP contribution >= 0.6 is 0 Å². The zero-order valence-electron chi connectivity index (χ0n) is 7.70. The molecule has 0 aliphatic heterocycles. The highest BCUT2D eigenvalue weighted by Gasteiger charge is 2.04. The first-order valence-corrected chi connectivity index (χ1v) is 3.91. The van der Waals surface area contributed by atoms with Crippen molar-refractivity contribution < 1.29 is 9.47 Å². The first-order valence-electron chi connectivity index (χ1n) is 3.91. The Balaban J connectivity index is 2.84. The maximum atomic E-state index is 5.18. The Bertz CT molecular complexity index is 236. The van der Waals surface area contributed by atoms with Crippen LogP contribution in [0.15, 0.2) is 35.6 Å². The number of hydrogen-bond donors (Lipinski definition) is 0. The number of hydrogen-bond acceptors (Lipinski definition) is 2. The quantitative estimate of drug-likeness (QED) is 0.625. The van der Waals surface area contributed by atoms with Crippen molar-refractivity contribution >= 4 is 0 Å². The molecule has 0 spiro atoms. The molecule has 2 heteroatoms. The average Bonchev–Trinajstić information content (AvgIpc) is 2.26. The van der Waals surface area contributed by atoms with Crippen molar-refractivity contribution in [1.29, 1.82) is 0 Å². The summed E-state index contributed by atoms with van der Waals surface area (Å²) >= 11 is 0. The van der Waals surface area contributed by atoms with Crippen LogP contribution in [0.3, 0.4) is 0 Å². The summed E-state index contributed by atoms with van der Waals surface area (Å²) in [4.78, 5) is 0. The minimum Gasteiger partial charge on any atom is -0.497 e. The lowest BCUT2D eigenvalue weighted by atomic mass is 10.2. The smallest absolute Gasteiger partial charge is 0.118 e. The van der Waals surface area contributed by atoms with E-state index in [1.54, 1.807) is 14.2 Å². The molecule has 0 saturated heterocycles. The summed E-state index contributed by atoms with van der Waals surface area (Å²) in [6, 6.07) is 0. The number of rotatable bonds is 2. The third-order valence-corrected chi connectivity index (χ3v) is 1.76. The summed E-state index contributed by atoms with van der Waals surface area (Å²) in [5, 5.41) is 0. The van der Waals surface area contributed by atoms with Crippen LogP contribution in [0.5, 0.6) is 0 Å².